The Kier molecular flexibility index (Phi) is 6.44. The summed E-state index contributed by atoms with van der Waals surface area (Å²) in [4.78, 5) is 27.2. The maximum absolute atomic E-state index is 11.8. The number of methoxy groups -OCH3 is 1. The van der Waals surface area contributed by atoms with Crippen LogP contribution < -0.4 is 4.74 Å². The smallest absolute Gasteiger partial charge is 0.339 e. The quantitative estimate of drug-likeness (QED) is 0.144. The lowest BCUT2D eigenvalue weighted by atomic mass is 10.0. The number of para-hydroxylation sites is 1. The van der Waals surface area contributed by atoms with Crippen molar-refractivity contribution in [2.24, 2.45) is 5.16 Å². The molecule has 0 saturated carbocycles. The molecule has 2 aromatic rings. The minimum absolute atomic E-state index is 0.0937. The average molecular weight is 356 g/mol. The van der Waals surface area contributed by atoms with E-state index in [1.165, 1.54) is 38.7 Å². The number of nitrogens with zero attached hydrogens (tertiary/aromatic N) is 2. The van der Waals surface area contributed by atoms with Crippen molar-refractivity contribution in [2.45, 2.75) is 0 Å². The van der Waals surface area contributed by atoms with Gasteiger partial charge in [-0.25, -0.2) is 4.79 Å². The number of carbonyl (C=O) groups is 1. The van der Waals surface area contributed by atoms with Gasteiger partial charge in [0.2, 0.25) is 0 Å². The number of hydrogen-bond donors (Lipinski definition) is 0. The summed E-state index contributed by atoms with van der Waals surface area (Å²) in [5, 5.41) is 15.0. The monoisotopic (exact) mass is 356 g/mol. The standard InChI is InChI=1S/C18H16N2O6/c1-24-11-10-17(21)26-16-9-4-3-8-15(16)18(19-25-2)13-6-5-7-14(12-13)20(22)23/h3-12H,1-2H3. The molecular weight excluding hydrogens is 340 g/mol. The summed E-state index contributed by atoms with van der Waals surface area (Å²) < 4.78 is 9.98. The normalized spacial score (nSPS) is 11.2. The van der Waals surface area contributed by atoms with E-state index >= 15 is 0 Å². The fourth-order valence-corrected chi connectivity index (χ4v) is 2.13. The van der Waals surface area contributed by atoms with E-state index in [1.54, 1.807) is 30.3 Å². The molecule has 0 atom stereocenters. The molecule has 0 bridgehead atoms. The largest absolute Gasteiger partial charge is 0.504 e. The lowest BCUT2D eigenvalue weighted by molar-refractivity contribution is -0.384. The highest BCUT2D eigenvalue weighted by Crippen LogP contribution is 2.24. The summed E-state index contributed by atoms with van der Waals surface area (Å²) in [6.45, 7) is 0. The number of nitro groups is 1. The van der Waals surface area contributed by atoms with E-state index in [0.29, 0.717) is 11.1 Å². The Bertz CT molecular complexity index is 860. The first kappa shape index (κ1) is 18.7. The van der Waals surface area contributed by atoms with E-state index in [9.17, 15) is 14.9 Å². The third kappa shape index (κ3) is 4.67. The molecule has 0 fully saturated rings. The van der Waals surface area contributed by atoms with Crippen LogP contribution in [0.4, 0.5) is 5.69 Å². The van der Waals surface area contributed by atoms with Gasteiger partial charge in [0.25, 0.3) is 5.69 Å². The summed E-state index contributed by atoms with van der Waals surface area (Å²) in [5.74, 6) is -0.421. The van der Waals surface area contributed by atoms with Crippen molar-refractivity contribution < 1.29 is 24.0 Å². The molecule has 0 aliphatic heterocycles. The first-order valence-electron chi connectivity index (χ1n) is 7.43. The second kappa shape index (κ2) is 8.97. The zero-order valence-corrected chi connectivity index (χ0v) is 14.1. The topological polar surface area (TPSA) is 100 Å². The van der Waals surface area contributed by atoms with Crippen LogP contribution in [0.3, 0.4) is 0 Å². The van der Waals surface area contributed by atoms with E-state index < -0.39 is 10.9 Å². The van der Waals surface area contributed by atoms with Crippen molar-refractivity contribution in [3.63, 3.8) is 0 Å². The second-order valence-corrected chi connectivity index (χ2v) is 4.89. The molecule has 0 radical (unpaired) electrons. The van der Waals surface area contributed by atoms with Crippen LogP contribution in [0.15, 0.2) is 66.0 Å². The zero-order chi connectivity index (χ0) is 18.9. The van der Waals surface area contributed by atoms with E-state index in [2.05, 4.69) is 9.89 Å². The number of nitro benzene ring substituents is 1. The van der Waals surface area contributed by atoms with Gasteiger partial charge in [0, 0.05) is 23.3 Å². The van der Waals surface area contributed by atoms with Crippen LogP contribution in [-0.2, 0) is 14.4 Å². The van der Waals surface area contributed by atoms with Crippen molar-refractivity contribution in [1.29, 1.82) is 0 Å². The summed E-state index contributed by atoms with van der Waals surface area (Å²) in [7, 11) is 2.76. The third-order valence-corrected chi connectivity index (χ3v) is 3.21. The SMILES string of the molecule is COC=CC(=O)Oc1ccccc1C(=NOC)c1cccc([N+](=O)[O-])c1. The van der Waals surface area contributed by atoms with Crippen LogP contribution in [0.1, 0.15) is 11.1 Å². The second-order valence-electron chi connectivity index (χ2n) is 4.89. The number of hydrogen-bond acceptors (Lipinski definition) is 7. The molecule has 0 spiro atoms. The molecule has 8 heteroatoms. The molecule has 26 heavy (non-hydrogen) atoms. The summed E-state index contributed by atoms with van der Waals surface area (Å²) >= 11 is 0. The Morgan fingerprint density at radius 2 is 1.92 bits per heavy atom. The van der Waals surface area contributed by atoms with E-state index in [-0.39, 0.29) is 17.1 Å². The first-order valence-corrected chi connectivity index (χ1v) is 7.43. The van der Waals surface area contributed by atoms with Crippen LogP contribution in [0.5, 0.6) is 5.75 Å². The maximum atomic E-state index is 11.8. The van der Waals surface area contributed by atoms with Gasteiger partial charge in [-0.15, -0.1) is 0 Å². The molecule has 2 rings (SSSR count). The molecule has 2 aromatic carbocycles. The van der Waals surface area contributed by atoms with Crippen molar-refractivity contribution >= 4 is 17.4 Å². The van der Waals surface area contributed by atoms with Gasteiger partial charge in [-0.05, 0) is 12.1 Å². The lowest BCUT2D eigenvalue weighted by Gasteiger charge is -2.11. The molecule has 0 aromatic heterocycles. The summed E-state index contributed by atoms with van der Waals surface area (Å²) in [5.41, 5.74) is 1.07. The van der Waals surface area contributed by atoms with Gasteiger partial charge in [-0.3, -0.25) is 10.1 Å². The van der Waals surface area contributed by atoms with E-state index in [4.69, 9.17) is 9.57 Å². The number of benzene rings is 2. The Morgan fingerprint density at radius 3 is 2.62 bits per heavy atom. The number of oxime groups is 1. The fraction of sp³-hybridized carbons (Fsp3) is 0.111. The Labute approximate surface area is 149 Å². The minimum atomic E-state index is -0.643. The molecule has 0 heterocycles. The lowest BCUT2D eigenvalue weighted by Crippen LogP contribution is -2.11. The van der Waals surface area contributed by atoms with Gasteiger partial charge in [0.15, 0.2) is 0 Å². The predicted octanol–water partition coefficient (Wildman–Crippen LogP) is 3.06. The predicted molar refractivity (Wildman–Crippen MR) is 94.0 cm³/mol. The highest BCUT2D eigenvalue weighted by atomic mass is 16.6. The van der Waals surface area contributed by atoms with Crippen molar-refractivity contribution in [2.75, 3.05) is 14.2 Å². The van der Waals surface area contributed by atoms with Gasteiger partial charge in [0.05, 0.1) is 24.4 Å². The molecule has 0 aliphatic carbocycles. The van der Waals surface area contributed by atoms with Crippen molar-refractivity contribution in [1.82, 2.24) is 0 Å². The Morgan fingerprint density at radius 1 is 1.15 bits per heavy atom. The van der Waals surface area contributed by atoms with Crippen LogP contribution in [0.2, 0.25) is 0 Å². The van der Waals surface area contributed by atoms with Crippen molar-refractivity contribution in [3.05, 3.63) is 82.1 Å². The van der Waals surface area contributed by atoms with Crippen LogP contribution in [-0.4, -0.2) is 30.8 Å². The van der Waals surface area contributed by atoms with Crippen molar-refractivity contribution in [3.8, 4) is 5.75 Å². The van der Waals surface area contributed by atoms with Gasteiger partial charge >= 0.3 is 5.97 Å². The van der Waals surface area contributed by atoms with Gasteiger partial charge in [0.1, 0.15) is 18.6 Å². The number of carbonyl (C=O) groups excluding carboxylic acids is 1. The summed E-state index contributed by atoms with van der Waals surface area (Å²) in [6, 6.07) is 12.6. The van der Waals surface area contributed by atoms with Crippen LogP contribution in [0, 0.1) is 10.1 Å². The maximum Gasteiger partial charge on any atom is 0.339 e. The third-order valence-electron chi connectivity index (χ3n) is 3.21. The Balaban J connectivity index is 2.47. The molecule has 0 N–H and O–H groups in total. The minimum Gasteiger partial charge on any atom is -0.504 e. The molecular formula is C18H16N2O6. The van der Waals surface area contributed by atoms with E-state index in [1.807, 2.05) is 0 Å². The average Bonchev–Trinajstić information content (AvgIpc) is 2.65. The molecule has 134 valence electrons. The van der Waals surface area contributed by atoms with Gasteiger partial charge in [-0.2, -0.15) is 0 Å². The molecule has 0 unspecified atom stereocenters. The highest BCUT2D eigenvalue weighted by Gasteiger charge is 2.17. The zero-order valence-electron chi connectivity index (χ0n) is 14.1. The van der Waals surface area contributed by atoms with Gasteiger partial charge < -0.3 is 14.3 Å². The molecule has 8 nitrogen and oxygen atoms in total. The van der Waals surface area contributed by atoms with Crippen LogP contribution >= 0.6 is 0 Å². The van der Waals surface area contributed by atoms with Crippen LogP contribution in [0.25, 0.3) is 0 Å². The molecule has 0 saturated heterocycles. The number of non-ortho nitro benzene ring substituents is 1. The number of rotatable bonds is 7. The number of ether oxygens (including phenoxy) is 2. The summed E-state index contributed by atoms with van der Waals surface area (Å²) in [6.07, 6.45) is 2.31. The molecule has 0 aliphatic rings. The Hall–Kier alpha value is -3.68. The molecule has 0 amide bonds. The fourth-order valence-electron chi connectivity index (χ4n) is 2.13. The highest BCUT2D eigenvalue weighted by molar-refractivity contribution is 6.14. The first-order chi connectivity index (χ1) is 12.6. The van der Waals surface area contributed by atoms with Gasteiger partial charge in [-0.1, -0.05) is 29.4 Å². The number of esters is 1. The van der Waals surface area contributed by atoms with E-state index in [0.717, 1.165) is 6.08 Å².